The molecule has 0 unspecified atom stereocenters. The van der Waals surface area contributed by atoms with E-state index in [0.717, 1.165) is 12.3 Å². The molecule has 0 radical (unpaired) electrons. The van der Waals surface area contributed by atoms with E-state index in [2.05, 4.69) is 15.1 Å². The van der Waals surface area contributed by atoms with Crippen LogP contribution in [0.15, 0.2) is 33.8 Å². The smallest absolute Gasteiger partial charge is 0.341 e. The van der Waals surface area contributed by atoms with Crippen molar-refractivity contribution in [3.05, 3.63) is 45.4 Å². The fourth-order valence-corrected chi connectivity index (χ4v) is 3.56. The van der Waals surface area contributed by atoms with Gasteiger partial charge in [0.1, 0.15) is 18.3 Å². The van der Waals surface area contributed by atoms with Crippen LogP contribution in [0.1, 0.15) is 10.4 Å². The number of nitrogens with zero attached hydrogens (tertiary/aromatic N) is 5. The average Bonchev–Trinajstić information content (AvgIpc) is 3.24. The number of hydrogen-bond acceptors (Lipinski definition) is 10. The molecule has 3 N–H and O–H groups in total. The van der Waals surface area contributed by atoms with Gasteiger partial charge in [-0.2, -0.15) is 0 Å². The SMILES string of the molecule is O=C(O)c1cn(-c2nccs2)c2nc(N3CC(=NOC[C@@H](O)CO)C3)c(F)cc2c1=O. The van der Waals surface area contributed by atoms with Gasteiger partial charge >= 0.3 is 5.97 Å². The minimum absolute atomic E-state index is 0.0328. The molecule has 0 saturated carbocycles. The number of aromatic nitrogens is 3. The molecule has 0 amide bonds. The van der Waals surface area contributed by atoms with Crippen LogP contribution in [0, 0.1) is 5.82 Å². The first kappa shape index (κ1) is 20.8. The molecule has 0 bridgehead atoms. The van der Waals surface area contributed by atoms with Crippen molar-refractivity contribution in [3.63, 3.8) is 0 Å². The van der Waals surface area contributed by atoms with Crippen LogP contribution in [0.4, 0.5) is 10.2 Å². The molecule has 1 aliphatic heterocycles. The summed E-state index contributed by atoms with van der Waals surface area (Å²) in [6.45, 7) is -0.207. The largest absolute Gasteiger partial charge is 0.477 e. The van der Waals surface area contributed by atoms with Crippen LogP contribution in [0.5, 0.6) is 0 Å². The summed E-state index contributed by atoms with van der Waals surface area (Å²) >= 11 is 1.20. The van der Waals surface area contributed by atoms with Gasteiger partial charge in [-0.1, -0.05) is 5.16 Å². The number of halogens is 1. The Morgan fingerprint density at radius 2 is 2.19 bits per heavy atom. The maximum Gasteiger partial charge on any atom is 0.341 e. The van der Waals surface area contributed by atoms with Gasteiger partial charge in [-0.25, -0.2) is 19.2 Å². The highest BCUT2D eigenvalue weighted by Crippen LogP contribution is 2.26. The van der Waals surface area contributed by atoms with Crippen molar-refractivity contribution in [2.45, 2.75) is 6.10 Å². The zero-order chi connectivity index (χ0) is 22.1. The zero-order valence-electron chi connectivity index (χ0n) is 15.8. The Balaban J connectivity index is 1.70. The molecule has 0 spiro atoms. The van der Waals surface area contributed by atoms with Gasteiger partial charge in [-0.15, -0.1) is 11.3 Å². The first-order chi connectivity index (χ1) is 14.9. The predicted molar refractivity (Wildman–Crippen MR) is 109 cm³/mol. The predicted octanol–water partition coefficient (Wildman–Crippen LogP) is 0.225. The van der Waals surface area contributed by atoms with Crippen molar-refractivity contribution in [1.29, 1.82) is 0 Å². The lowest BCUT2D eigenvalue weighted by Crippen LogP contribution is -2.48. The van der Waals surface area contributed by atoms with Crippen molar-refractivity contribution in [1.82, 2.24) is 14.5 Å². The second-order valence-electron chi connectivity index (χ2n) is 6.67. The zero-order valence-corrected chi connectivity index (χ0v) is 16.6. The number of hydrogen-bond donors (Lipinski definition) is 3. The number of thiazole rings is 1. The van der Waals surface area contributed by atoms with Gasteiger partial charge in [0.05, 0.1) is 30.8 Å². The molecule has 1 saturated heterocycles. The molecule has 162 valence electrons. The van der Waals surface area contributed by atoms with Crippen LogP contribution in [-0.4, -0.2) is 73.9 Å². The summed E-state index contributed by atoms with van der Waals surface area (Å²) in [5.41, 5.74) is -0.703. The van der Waals surface area contributed by atoms with E-state index in [9.17, 15) is 24.2 Å². The summed E-state index contributed by atoms with van der Waals surface area (Å²) in [4.78, 5) is 38.9. The van der Waals surface area contributed by atoms with Crippen molar-refractivity contribution < 1.29 is 29.3 Å². The van der Waals surface area contributed by atoms with Crippen LogP contribution in [0.25, 0.3) is 16.2 Å². The molecule has 1 atom stereocenters. The number of carboxylic acid groups (broad SMARTS) is 1. The van der Waals surface area contributed by atoms with Crippen molar-refractivity contribution in [2.75, 3.05) is 31.2 Å². The normalized spacial score (nSPS) is 14.4. The molecular formula is C18H16FN5O6S. The molecule has 13 heteroatoms. The number of carbonyl (C=O) groups is 1. The second kappa shape index (κ2) is 8.37. The Kier molecular flexibility index (Phi) is 5.63. The maximum absolute atomic E-state index is 14.8. The third-order valence-electron chi connectivity index (χ3n) is 4.49. The van der Waals surface area contributed by atoms with E-state index in [-0.39, 0.29) is 36.5 Å². The van der Waals surface area contributed by atoms with Crippen LogP contribution >= 0.6 is 11.3 Å². The first-order valence-electron chi connectivity index (χ1n) is 8.99. The van der Waals surface area contributed by atoms with E-state index >= 15 is 0 Å². The van der Waals surface area contributed by atoms with Crippen molar-refractivity contribution >= 4 is 39.9 Å². The molecule has 31 heavy (non-hydrogen) atoms. The highest BCUT2D eigenvalue weighted by Gasteiger charge is 2.28. The summed E-state index contributed by atoms with van der Waals surface area (Å²) < 4.78 is 16.1. The first-order valence-corrected chi connectivity index (χ1v) is 9.87. The fraction of sp³-hybridized carbons (Fsp3) is 0.278. The van der Waals surface area contributed by atoms with Gasteiger partial charge in [0.15, 0.2) is 22.4 Å². The second-order valence-corrected chi connectivity index (χ2v) is 7.55. The standard InChI is InChI=1S/C18H16FN5O6S/c19-13-3-11-14(27)12(17(28)29)6-24(18-20-1-2-31-18)15(11)21-16(13)23-4-9(5-23)22-30-8-10(26)7-25/h1-3,6,10,25-26H,4-5,7-8H2,(H,28,29)/t10-/m0/s1. The van der Waals surface area contributed by atoms with Gasteiger partial charge in [-0.3, -0.25) is 9.36 Å². The number of carboxylic acids is 1. The maximum atomic E-state index is 14.8. The Morgan fingerprint density at radius 1 is 1.42 bits per heavy atom. The number of aromatic carboxylic acids is 1. The lowest BCUT2D eigenvalue weighted by Gasteiger charge is -2.33. The monoisotopic (exact) mass is 449 g/mol. The average molecular weight is 449 g/mol. The Labute approximate surface area is 177 Å². The van der Waals surface area contributed by atoms with Crippen LogP contribution in [0.2, 0.25) is 0 Å². The third-order valence-corrected chi connectivity index (χ3v) is 5.26. The van der Waals surface area contributed by atoms with Crippen LogP contribution in [-0.2, 0) is 4.84 Å². The Bertz CT molecular complexity index is 1220. The summed E-state index contributed by atoms with van der Waals surface area (Å²) in [7, 11) is 0. The molecule has 3 aromatic rings. The topological polar surface area (TPSA) is 150 Å². The summed E-state index contributed by atoms with van der Waals surface area (Å²) in [6.07, 6.45) is 1.60. The van der Waals surface area contributed by atoms with E-state index in [0.29, 0.717) is 10.8 Å². The van der Waals surface area contributed by atoms with Gasteiger partial charge < -0.3 is 25.1 Å². The van der Waals surface area contributed by atoms with Gasteiger partial charge in [0.2, 0.25) is 5.43 Å². The van der Waals surface area contributed by atoms with E-state index in [4.69, 9.17) is 9.94 Å². The number of fused-ring (bicyclic) bond motifs is 1. The minimum atomic E-state index is -1.43. The molecular weight excluding hydrogens is 433 g/mol. The van der Waals surface area contributed by atoms with Gasteiger partial charge in [0.25, 0.3) is 0 Å². The van der Waals surface area contributed by atoms with E-state index < -0.39 is 35.5 Å². The minimum Gasteiger partial charge on any atom is -0.477 e. The van der Waals surface area contributed by atoms with E-state index in [1.807, 2.05) is 0 Å². The summed E-state index contributed by atoms with van der Waals surface area (Å²) in [5, 5.41) is 33.0. The van der Waals surface area contributed by atoms with Crippen molar-refractivity contribution in [3.8, 4) is 5.13 Å². The van der Waals surface area contributed by atoms with Gasteiger partial charge in [-0.05, 0) is 6.07 Å². The molecule has 0 aromatic carbocycles. The molecule has 1 fully saturated rings. The highest BCUT2D eigenvalue weighted by atomic mass is 32.1. The highest BCUT2D eigenvalue weighted by molar-refractivity contribution is 7.12. The van der Waals surface area contributed by atoms with Gasteiger partial charge in [0, 0.05) is 17.8 Å². The van der Waals surface area contributed by atoms with E-state index in [1.54, 1.807) is 10.3 Å². The number of oxime groups is 1. The van der Waals surface area contributed by atoms with Crippen molar-refractivity contribution in [2.24, 2.45) is 5.16 Å². The van der Waals surface area contributed by atoms with Crippen LogP contribution < -0.4 is 10.3 Å². The van der Waals surface area contributed by atoms with Crippen LogP contribution in [0.3, 0.4) is 0 Å². The summed E-state index contributed by atoms with van der Waals surface area (Å²) in [6, 6.07) is 0.972. The Morgan fingerprint density at radius 3 is 2.84 bits per heavy atom. The third kappa shape index (κ3) is 3.97. The summed E-state index contributed by atoms with van der Waals surface area (Å²) in [5.74, 6) is -2.25. The molecule has 0 aliphatic carbocycles. The molecule has 1 aliphatic rings. The molecule has 4 heterocycles. The molecule has 3 aromatic heterocycles. The molecule has 4 rings (SSSR count). The lowest BCUT2D eigenvalue weighted by molar-refractivity contribution is 0.00789. The van der Waals surface area contributed by atoms with E-state index in [1.165, 1.54) is 22.1 Å². The number of rotatable bonds is 7. The number of aliphatic hydroxyl groups is 2. The number of anilines is 1. The number of aliphatic hydroxyl groups excluding tert-OH is 2. The quantitative estimate of drug-likeness (QED) is 0.431. The fourth-order valence-electron chi connectivity index (χ4n) is 2.94. The lowest BCUT2D eigenvalue weighted by atomic mass is 10.1. The Hall–Kier alpha value is -3.42. The number of pyridine rings is 2. The molecule has 11 nitrogen and oxygen atoms in total.